The first kappa shape index (κ1) is 21.9. The zero-order chi connectivity index (χ0) is 23.0. The van der Waals surface area contributed by atoms with Crippen LogP contribution in [0.1, 0.15) is 11.3 Å². The van der Waals surface area contributed by atoms with Crippen molar-refractivity contribution in [2.24, 2.45) is 7.05 Å². The molecule has 1 amide bonds. The largest absolute Gasteiger partial charge is 0.497 e. The molecule has 1 aliphatic rings. The summed E-state index contributed by atoms with van der Waals surface area (Å²) in [4.78, 5) is 28.4. The molecule has 0 spiro atoms. The minimum absolute atomic E-state index is 0.254. The fourth-order valence-corrected chi connectivity index (χ4v) is 4.81. The molecule has 3 aromatic rings. The van der Waals surface area contributed by atoms with Gasteiger partial charge in [0.15, 0.2) is 4.32 Å². The summed E-state index contributed by atoms with van der Waals surface area (Å²) in [5.41, 5.74) is 2.00. The van der Waals surface area contributed by atoms with Crippen LogP contribution >= 0.6 is 24.0 Å². The number of benzene rings is 2. The zero-order valence-electron chi connectivity index (χ0n) is 18.0. The number of nitrogens with zero attached hydrogens (tertiary/aromatic N) is 3. The predicted molar refractivity (Wildman–Crippen MR) is 131 cm³/mol. The van der Waals surface area contributed by atoms with E-state index in [1.165, 1.54) is 9.58 Å². The SMILES string of the molecule is COc1ccc(C=C2SC(=S)N(c3c(C)n(C)n(-c4ccccc4)c3=O)C2=O)c(OC)c1. The van der Waals surface area contributed by atoms with Crippen LogP contribution in [0.2, 0.25) is 0 Å². The standard InChI is InChI=1S/C23H21N3O4S2/c1-14-20(22(28)26(24(14)2)16-8-6-5-7-9-16)25-21(27)19(32-23(25)31)12-15-10-11-17(29-3)13-18(15)30-4/h5-13H,1-4H3. The van der Waals surface area contributed by atoms with E-state index in [0.717, 1.165) is 11.8 Å². The molecule has 0 aliphatic carbocycles. The summed E-state index contributed by atoms with van der Waals surface area (Å²) in [7, 11) is 4.91. The van der Waals surface area contributed by atoms with Gasteiger partial charge in [-0.2, -0.15) is 0 Å². The van der Waals surface area contributed by atoms with Crippen LogP contribution < -0.4 is 19.9 Å². The summed E-state index contributed by atoms with van der Waals surface area (Å²) >= 11 is 6.65. The van der Waals surface area contributed by atoms with E-state index in [4.69, 9.17) is 21.7 Å². The van der Waals surface area contributed by atoms with Gasteiger partial charge in [0.25, 0.3) is 11.5 Å². The van der Waals surface area contributed by atoms with Crippen molar-refractivity contribution in [3.63, 3.8) is 0 Å². The van der Waals surface area contributed by atoms with Gasteiger partial charge in [0.2, 0.25) is 0 Å². The number of thioether (sulfide) groups is 1. The molecule has 0 atom stereocenters. The molecule has 32 heavy (non-hydrogen) atoms. The van der Waals surface area contributed by atoms with Gasteiger partial charge in [-0.05, 0) is 37.3 Å². The Morgan fingerprint density at radius 3 is 2.41 bits per heavy atom. The lowest BCUT2D eigenvalue weighted by molar-refractivity contribution is -0.113. The van der Waals surface area contributed by atoms with E-state index in [2.05, 4.69) is 0 Å². The molecule has 1 fully saturated rings. The number of methoxy groups -OCH3 is 2. The van der Waals surface area contributed by atoms with Gasteiger partial charge in [0.1, 0.15) is 17.2 Å². The van der Waals surface area contributed by atoms with E-state index in [0.29, 0.717) is 37.7 Å². The van der Waals surface area contributed by atoms with Crippen LogP contribution in [0.5, 0.6) is 11.5 Å². The number of ether oxygens (including phenoxy) is 2. The average Bonchev–Trinajstić information content (AvgIpc) is 3.19. The number of hydrogen-bond acceptors (Lipinski definition) is 6. The summed E-state index contributed by atoms with van der Waals surface area (Å²) in [6, 6.07) is 14.6. The van der Waals surface area contributed by atoms with Crippen molar-refractivity contribution in [2.75, 3.05) is 19.1 Å². The number of carbonyl (C=O) groups is 1. The number of para-hydroxylation sites is 1. The highest BCUT2D eigenvalue weighted by molar-refractivity contribution is 8.27. The highest BCUT2D eigenvalue weighted by atomic mass is 32.2. The lowest BCUT2D eigenvalue weighted by Crippen LogP contribution is -2.33. The van der Waals surface area contributed by atoms with Gasteiger partial charge >= 0.3 is 0 Å². The van der Waals surface area contributed by atoms with Crippen LogP contribution in [0, 0.1) is 6.92 Å². The average molecular weight is 468 g/mol. The molecular weight excluding hydrogens is 446 g/mol. The van der Waals surface area contributed by atoms with Crippen LogP contribution in [0.3, 0.4) is 0 Å². The molecule has 0 radical (unpaired) electrons. The Balaban J connectivity index is 1.77. The van der Waals surface area contributed by atoms with Crippen molar-refractivity contribution >= 4 is 46.0 Å². The zero-order valence-corrected chi connectivity index (χ0v) is 19.6. The second kappa shape index (κ2) is 8.68. The van der Waals surface area contributed by atoms with Crippen molar-refractivity contribution < 1.29 is 14.3 Å². The summed E-state index contributed by atoms with van der Waals surface area (Å²) in [6.07, 6.45) is 1.71. The molecule has 1 aliphatic heterocycles. The summed E-state index contributed by atoms with van der Waals surface area (Å²) in [6.45, 7) is 1.80. The Hall–Kier alpha value is -3.30. The van der Waals surface area contributed by atoms with Crippen molar-refractivity contribution in [1.82, 2.24) is 9.36 Å². The third-order valence-corrected chi connectivity index (χ3v) is 6.57. The van der Waals surface area contributed by atoms with E-state index in [1.54, 1.807) is 57.1 Å². The van der Waals surface area contributed by atoms with Crippen LogP contribution in [0.25, 0.3) is 11.8 Å². The lowest BCUT2D eigenvalue weighted by Gasteiger charge is -2.12. The second-order valence-electron chi connectivity index (χ2n) is 7.04. The monoisotopic (exact) mass is 467 g/mol. The number of amides is 1. The van der Waals surface area contributed by atoms with Gasteiger partial charge in [-0.25, -0.2) is 4.68 Å². The number of rotatable bonds is 5. The molecule has 7 nitrogen and oxygen atoms in total. The van der Waals surface area contributed by atoms with Gasteiger partial charge in [-0.1, -0.05) is 42.2 Å². The Bertz CT molecular complexity index is 1310. The summed E-state index contributed by atoms with van der Waals surface area (Å²) in [5.74, 6) is 0.869. The molecule has 1 aromatic heterocycles. The maximum Gasteiger partial charge on any atom is 0.296 e. The van der Waals surface area contributed by atoms with E-state index in [-0.39, 0.29) is 17.2 Å². The van der Waals surface area contributed by atoms with Crippen molar-refractivity contribution in [3.8, 4) is 17.2 Å². The maximum absolute atomic E-state index is 13.4. The van der Waals surface area contributed by atoms with Gasteiger partial charge in [-0.15, -0.1) is 0 Å². The smallest absolute Gasteiger partial charge is 0.296 e. The van der Waals surface area contributed by atoms with Crippen LogP contribution in [0.4, 0.5) is 5.69 Å². The molecule has 0 unspecified atom stereocenters. The first-order chi connectivity index (χ1) is 15.4. The first-order valence-electron chi connectivity index (χ1n) is 9.71. The van der Waals surface area contributed by atoms with Crippen LogP contribution in [0.15, 0.2) is 58.2 Å². The molecular formula is C23H21N3O4S2. The second-order valence-corrected chi connectivity index (χ2v) is 8.71. The summed E-state index contributed by atoms with van der Waals surface area (Å²) < 4.78 is 14.2. The quantitative estimate of drug-likeness (QED) is 0.419. The van der Waals surface area contributed by atoms with E-state index in [9.17, 15) is 9.59 Å². The van der Waals surface area contributed by atoms with E-state index >= 15 is 0 Å². The minimum Gasteiger partial charge on any atom is -0.497 e. The fourth-order valence-electron chi connectivity index (χ4n) is 3.55. The van der Waals surface area contributed by atoms with Gasteiger partial charge < -0.3 is 9.47 Å². The van der Waals surface area contributed by atoms with Crippen molar-refractivity contribution in [1.29, 1.82) is 0 Å². The van der Waals surface area contributed by atoms with Crippen LogP contribution in [-0.2, 0) is 11.8 Å². The molecule has 4 rings (SSSR count). The number of aromatic nitrogens is 2. The first-order valence-corrected chi connectivity index (χ1v) is 10.9. The Kier molecular flexibility index (Phi) is 5.94. The number of anilines is 1. The highest BCUT2D eigenvalue weighted by Crippen LogP contribution is 2.38. The highest BCUT2D eigenvalue weighted by Gasteiger charge is 2.37. The molecule has 2 heterocycles. The molecule has 0 bridgehead atoms. The number of carbonyl (C=O) groups excluding carboxylic acids is 1. The Labute approximate surface area is 194 Å². The van der Waals surface area contributed by atoms with Gasteiger partial charge in [0.05, 0.1) is 30.5 Å². The molecule has 0 N–H and O–H groups in total. The van der Waals surface area contributed by atoms with Crippen LogP contribution in [-0.4, -0.2) is 33.8 Å². The van der Waals surface area contributed by atoms with E-state index < -0.39 is 0 Å². The lowest BCUT2D eigenvalue weighted by atomic mass is 10.1. The minimum atomic E-state index is -0.344. The molecule has 1 saturated heterocycles. The Morgan fingerprint density at radius 1 is 1.03 bits per heavy atom. The predicted octanol–water partition coefficient (Wildman–Crippen LogP) is 3.91. The van der Waals surface area contributed by atoms with Crippen molar-refractivity contribution in [3.05, 3.63) is 75.0 Å². The van der Waals surface area contributed by atoms with Gasteiger partial charge in [-0.3, -0.25) is 19.2 Å². The molecule has 164 valence electrons. The molecule has 2 aromatic carbocycles. The third-order valence-electron chi connectivity index (χ3n) is 5.27. The topological polar surface area (TPSA) is 65.7 Å². The fraction of sp³-hybridized carbons (Fsp3) is 0.174. The van der Waals surface area contributed by atoms with Crippen molar-refractivity contribution in [2.45, 2.75) is 6.92 Å². The Morgan fingerprint density at radius 2 is 1.75 bits per heavy atom. The molecule has 0 saturated carbocycles. The normalized spacial score (nSPS) is 15.0. The maximum atomic E-state index is 13.4. The van der Waals surface area contributed by atoms with Gasteiger partial charge in [0, 0.05) is 18.7 Å². The molecule has 9 heteroatoms. The third kappa shape index (κ3) is 3.63. The number of hydrogen-bond donors (Lipinski definition) is 0. The number of thiocarbonyl (C=S) groups is 1. The summed E-state index contributed by atoms with van der Waals surface area (Å²) in [5, 5.41) is 0. The van der Waals surface area contributed by atoms with E-state index in [1.807, 2.05) is 30.3 Å².